The molecule has 0 aliphatic heterocycles. The third-order valence-corrected chi connectivity index (χ3v) is 3.68. The molecule has 0 bridgehead atoms. The Morgan fingerprint density at radius 1 is 1.28 bits per heavy atom. The molecule has 1 heterocycles. The van der Waals surface area contributed by atoms with Crippen LogP contribution in [0.1, 0.15) is 46.1 Å². The predicted octanol–water partition coefficient (Wildman–Crippen LogP) is 5.62. The predicted molar refractivity (Wildman–Crippen MR) is 107 cm³/mol. The summed E-state index contributed by atoms with van der Waals surface area (Å²) in [5.74, 6) is 5.08. The molecule has 1 aromatic heterocycles. The van der Waals surface area contributed by atoms with Crippen molar-refractivity contribution in [3.05, 3.63) is 59.8 Å². The highest BCUT2D eigenvalue weighted by atomic mass is 15.3. The number of benzene rings is 1. The summed E-state index contributed by atoms with van der Waals surface area (Å²) < 4.78 is 2.23. The maximum absolute atomic E-state index is 7.79. The average molecular weight is 339 g/mol. The van der Waals surface area contributed by atoms with Gasteiger partial charge < -0.3 is 10.4 Å². The summed E-state index contributed by atoms with van der Waals surface area (Å²) in [6.45, 7) is 9.08. The van der Waals surface area contributed by atoms with E-state index in [2.05, 4.69) is 52.3 Å². The highest BCUT2D eigenvalue weighted by Gasteiger charge is 2.06. The minimum atomic E-state index is 0.0711. The van der Waals surface area contributed by atoms with Gasteiger partial charge in [0, 0.05) is 29.2 Å². The van der Waals surface area contributed by atoms with Gasteiger partial charge in [-0.3, -0.25) is 5.41 Å². The highest BCUT2D eigenvalue weighted by Crippen LogP contribution is 2.20. The van der Waals surface area contributed by atoms with E-state index in [1.165, 1.54) is 5.57 Å². The lowest BCUT2D eigenvalue weighted by molar-refractivity contribution is 0.794. The van der Waals surface area contributed by atoms with E-state index in [0.717, 1.165) is 30.3 Å². The third-order valence-electron chi connectivity index (χ3n) is 3.68. The quantitative estimate of drug-likeness (QED) is 0.176. The van der Waals surface area contributed by atoms with E-state index >= 15 is 0 Å². The van der Waals surface area contributed by atoms with Crippen LogP contribution in [0.3, 0.4) is 0 Å². The number of nitrogens with one attached hydrogen (secondary N) is 1. The first kappa shape index (κ1) is 20.4. The van der Waals surface area contributed by atoms with Gasteiger partial charge in [-0.15, -0.1) is 5.11 Å². The molecule has 2 aromatic rings. The summed E-state index contributed by atoms with van der Waals surface area (Å²) >= 11 is 0. The molecule has 0 amide bonds. The van der Waals surface area contributed by atoms with Crippen LogP contribution in [0.15, 0.2) is 64.6 Å². The van der Waals surface area contributed by atoms with Crippen molar-refractivity contribution in [1.29, 1.82) is 5.41 Å². The van der Waals surface area contributed by atoms with Gasteiger partial charge in [-0.25, -0.2) is 0 Å². The fraction of sp³-hybridized carbons (Fsp3) is 0.350. The van der Waals surface area contributed by atoms with Crippen LogP contribution in [0, 0.1) is 5.41 Å². The van der Waals surface area contributed by atoms with Gasteiger partial charge in [-0.05, 0) is 44.0 Å². The SMILES string of the molecule is C/C=C\C/C(=C\CC)Cn1ccc2cc(C(=N)N=NN)ccc21.CC. The number of fused-ring (bicyclic) bond motifs is 1. The van der Waals surface area contributed by atoms with E-state index in [4.69, 9.17) is 11.3 Å². The second-order valence-corrected chi connectivity index (χ2v) is 5.33. The number of hydrogen-bond donors (Lipinski definition) is 2. The van der Waals surface area contributed by atoms with Crippen LogP contribution in [0.25, 0.3) is 10.9 Å². The van der Waals surface area contributed by atoms with Crippen molar-refractivity contribution in [3.63, 3.8) is 0 Å². The minimum absolute atomic E-state index is 0.0711. The zero-order chi connectivity index (χ0) is 18.7. The van der Waals surface area contributed by atoms with E-state index in [1.807, 2.05) is 39.0 Å². The van der Waals surface area contributed by atoms with E-state index in [9.17, 15) is 0 Å². The van der Waals surface area contributed by atoms with Gasteiger partial charge in [0.2, 0.25) is 0 Å². The molecule has 5 heteroatoms. The Morgan fingerprint density at radius 3 is 2.68 bits per heavy atom. The number of rotatable bonds is 6. The molecule has 1 aromatic carbocycles. The Labute approximate surface area is 150 Å². The molecule has 5 nitrogen and oxygen atoms in total. The molecule has 3 N–H and O–H groups in total. The van der Waals surface area contributed by atoms with Crippen molar-refractivity contribution in [1.82, 2.24) is 4.57 Å². The Balaban J connectivity index is 0.00000151. The van der Waals surface area contributed by atoms with E-state index in [1.54, 1.807) is 0 Å². The smallest absolute Gasteiger partial charge is 0.176 e. The Bertz CT molecular complexity index is 765. The Morgan fingerprint density at radius 2 is 2.04 bits per heavy atom. The zero-order valence-corrected chi connectivity index (χ0v) is 15.7. The van der Waals surface area contributed by atoms with Gasteiger partial charge in [-0.1, -0.05) is 49.8 Å². The largest absolute Gasteiger partial charge is 0.343 e. The summed E-state index contributed by atoms with van der Waals surface area (Å²) in [4.78, 5) is 0. The van der Waals surface area contributed by atoms with E-state index in [-0.39, 0.29) is 5.84 Å². The maximum atomic E-state index is 7.79. The first-order chi connectivity index (χ1) is 12.2. The normalized spacial score (nSPS) is 11.9. The number of amidine groups is 1. The molecule has 0 atom stereocenters. The molecule has 25 heavy (non-hydrogen) atoms. The molecule has 0 aliphatic carbocycles. The van der Waals surface area contributed by atoms with Crippen LogP contribution in [-0.2, 0) is 6.54 Å². The fourth-order valence-electron chi connectivity index (χ4n) is 2.59. The average Bonchev–Trinajstić information content (AvgIpc) is 3.04. The Hall–Kier alpha value is -2.69. The topological polar surface area (TPSA) is 79.5 Å². The lowest BCUT2D eigenvalue weighted by Crippen LogP contribution is -2.00. The second kappa shape index (κ2) is 11.0. The van der Waals surface area contributed by atoms with Gasteiger partial charge in [0.25, 0.3) is 0 Å². The van der Waals surface area contributed by atoms with Crippen molar-refractivity contribution in [2.75, 3.05) is 0 Å². The standard InChI is InChI=1S/C18H23N5.C2H6/c1-3-5-7-14(6-4-2)13-23-11-10-15-12-16(8-9-17(15)23)18(19)21-22-20;1-2/h3,5-6,8-12H,4,7,13H2,1-2H3,(H3,19,20,21);1-2H3/b5-3-,14-6+;. The summed E-state index contributed by atoms with van der Waals surface area (Å²) in [5.41, 5.74) is 3.26. The molecular weight excluding hydrogens is 310 g/mol. The first-order valence-corrected chi connectivity index (χ1v) is 8.77. The van der Waals surface area contributed by atoms with Crippen LogP contribution in [0.4, 0.5) is 0 Å². The number of nitrogens with two attached hydrogens (primary N) is 1. The van der Waals surface area contributed by atoms with Gasteiger partial charge in [0.15, 0.2) is 5.84 Å². The molecule has 0 unspecified atom stereocenters. The third kappa shape index (κ3) is 5.71. The van der Waals surface area contributed by atoms with Crippen molar-refractivity contribution < 1.29 is 0 Å². The van der Waals surface area contributed by atoms with Crippen molar-refractivity contribution in [2.24, 2.45) is 16.2 Å². The monoisotopic (exact) mass is 339 g/mol. The summed E-state index contributed by atoms with van der Waals surface area (Å²) in [7, 11) is 0. The molecular formula is C20H29N5. The second-order valence-electron chi connectivity index (χ2n) is 5.33. The van der Waals surface area contributed by atoms with Crippen LogP contribution in [-0.4, -0.2) is 10.4 Å². The van der Waals surface area contributed by atoms with Gasteiger partial charge in [0.05, 0.1) is 0 Å². The van der Waals surface area contributed by atoms with Crippen LogP contribution >= 0.6 is 0 Å². The van der Waals surface area contributed by atoms with Crippen LogP contribution in [0.2, 0.25) is 0 Å². The minimum Gasteiger partial charge on any atom is -0.343 e. The van der Waals surface area contributed by atoms with Crippen molar-refractivity contribution in [2.45, 2.75) is 47.1 Å². The zero-order valence-electron chi connectivity index (χ0n) is 15.7. The van der Waals surface area contributed by atoms with E-state index in [0.29, 0.717) is 5.56 Å². The van der Waals surface area contributed by atoms with Crippen molar-refractivity contribution in [3.8, 4) is 0 Å². The van der Waals surface area contributed by atoms with E-state index < -0.39 is 0 Å². The van der Waals surface area contributed by atoms with Gasteiger partial charge in [-0.2, -0.15) is 0 Å². The molecule has 0 fully saturated rings. The molecule has 0 aliphatic rings. The van der Waals surface area contributed by atoms with Gasteiger partial charge in [0.1, 0.15) is 0 Å². The molecule has 0 saturated heterocycles. The van der Waals surface area contributed by atoms with Crippen molar-refractivity contribution >= 4 is 16.7 Å². The lowest BCUT2D eigenvalue weighted by atomic mass is 10.1. The summed E-state index contributed by atoms with van der Waals surface area (Å²) in [5, 5.41) is 15.6. The maximum Gasteiger partial charge on any atom is 0.176 e. The summed E-state index contributed by atoms with van der Waals surface area (Å²) in [6, 6.07) is 7.90. The van der Waals surface area contributed by atoms with Crippen LogP contribution in [0.5, 0.6) is 0 Å². The summed E-state index contributed by atoms with van der Waals surface area (Å²) in [6.07, 6.45) is 10.7. The molecule has 134 valence electrons. The number of hydrogen-bond acceptors (Lipinski definition) is 2. The number of aromatic nitrogens is 1. The lowest BCUT2D eigenvalue weighted by Gasteiger charge is -2.09. The number of allylic oxidation sites excluding steroid dienone is 4. The highest BCUT2D eigenvalue weighted by molar-refractivity contribution is 6.00. The molecule has 0 saturated carbocycles. The first-order valence-electron chi connectivity index (χ1n) is 8.77. The molecule has 2 rings (SSSR count). The molecule has 0 radical (unpaired) electrons. The Kier molecular flexibility index (Phi) is 8.93. The van der Waals surface area contributed by atoms with Gasteiger partial charge >= 0.3 is 0 Å². The van der Waals surface area contributed by atoms with Crippen LogP contribution < -0.4 is 5.84 Å². The number of nitrogens with zero attached hydrogens (tertiary/aromatic N) is 3. The fourth-order valence-corrected chi connectivity index (χ4v) is 2.59. The molecule has 0 spiro atoms.